The van der Waals surface area contributed by atoms with Gasteiger partial charge in [-0.25, -0.2) is 13.2 Å². The summed E-state index contributed by atoms with van der Waals surface area (Å²) in [6.07, 6.45) is 2.39. The van der Waals surface area contributed by atoms with E-state index in [9.17, 15) is 18.8 Å². The monoisotopic (exact) mass is 648 g/mol. The van der Waals surface area contributed by atoms with Crippen LogP contribution in [0.3, 0.4) is 0 Å². The van der Waals surface area contributed by atoms with E-state index >= 15 is 4.39 Å². The van der Waals surface area contributed by atoms with E-state index in [1.54, 1.807) is 11.0 Å². The van der Waals surface area contributed by atoms with E-state index < -0.39 is 29.4 Å². The molecule has 13 heteroatoms. The number of ether oxygens (including phenoxy) is 2. The lowest BCUT2D eigenvalue weighted by Crippen LogP contribution is -2.43. The molecule has 3 saturated heterocycles. The van der Waals surface area contributed by atoms with Gasteiger partial charge in [-0.3, -0.25) is 9.69 Å². The Labute approximate surface area is 267 Å². The molecule has 238 valence electrons. The molecular formula is C33H31F3N6O3S. The number of nitrogens with two attached hydrogens (primary N) is 1. The van der Waals surface area contributed by atoms with Gasteiger partial charge in [-0.2, -0.15) is 15.2 Å². The quantitative estimate of drug-likeness (QED) is 0.252. The predicted molar refractivity (Wildman–Crippen MR) is 168 cm³/mol. The summed E-state index contributed by atoms with van der Waals surface area (Å²) < 4.78 is 58.4. The van der Waals surface area contributed by atoms with Gasteiger partial charge >= 0.3 is 6.01 Å². The second-order valence-corrected chi connectivity index (χ2v) is 13.3. The molecule has 0 aliphatic carbocycles. The van der Waals surface area contributed by atoms with E-state index in [0.29, 0.717) is 19.4 Å². The van der Waals surface area contributed by atoms with Gasteiger partial charge in [0.2, 0.25) is 11.8 Å². The maximum absolute atomic E-state index is 16.7. The highest BCUT2D eigenvalue weighted by Crippen LogP contribution is 2.44. The van der Waals surface area contributed by atoms with Crippen molar-refractivity contribution in [2.24, 2.45) is 0 Å². The third-order valence-electron chi connectivity index (χ3n) is 9.47. The number of benzene rings is 2. The van der Waals surface area contributed by atoms with Gasteiger partial charge in [-0.15, -0.1) is 11.3 Å². The molecule has 0 bridgehead atoms. The Morgan fingerprint density at radius 1 is 1.26 bits per heavy atom. The summed E-state index contributed by atoms with van der Waals surface area (Å²) in [6, 6.07) is 7.52. The Bertz CT molecular complexity index is 1950. The number of alkyl halides is 1. The molecule has 4 atom stereocenters. The maximum Gasteiger partial charge on any atom is 0.320 e. The van der Waals surface area contributed by atoms with Crippen molar-refractivity contribution in [3.63, 3.8) is 0 Å². The maximum atomic E-state index is 16.7. The number of anilines is 1. The fourth-order valence-electron chi connectivity index (χ4n) is 7.30. The summed E-state index contributed by atoms with van der Waals surface area (Å²) in [6.45, 7) is 7.02. The largest absolute Gasteiger partial charge is 0.472 e. The van der Waals surface area contributed by atoms with Crippen LogP contribution in [0.5, 0.6) is 11.9 Å². The predicted octanol–water partition coefficient (Wildman–Crippen LogP) is 5.75. The molecule has 0 spiro atoms. The Balaban J connectivity index is 1.32. The standard InChI is InChI=1S/C33H31F3N6O3S/c1-3-25(43)42-15-19(11-17(42)2)45-31-22-6-5-21(20-7-8-24(35)29-26(20)23(13-37)30(38)46-29)27(36)28(22)39-32(40-31)44-16-33-9-4-10-41(33)14-18(34)12-33/h3,5-8,17-19H,1,4,9-12,14-16,38H2,2H3. The lowest BCUT2D eigenvalue weighted by atomic mass is 9.95. The zero-order valence-electron chi connectivity index (χ0n) is 25.1. The molecule has 4 aromatic rings. The zero-order valence-corrected chi connectivity index (χ0v) is 25.9. The first-order valence-corrected chi connectivity index (χ1v) is 16.0. The van der Waals surface area contributed by atoms with Crippen molar-refractivity contribution in [3.05, 3.63) is 54.1 Å². The van der Waals surface area contributed by atoms with E-state index in [0.717, 1.165) is 30.7 Å². The summed E-state index contributed by atoms with van der Waals surface area (Å²) in [5, 5.41) is 10.4. The molecule has 3 aliphatic heterocycles. The molecule has 7 rings (SSSR count). The number of hydrogen-bond donors (Lipinski definition) is 1. The third-order valence-corrected chi connectivity index (χ3v) is 10.5. The minimum absolute atomic E-state index is 0.0711. The van der Waals surface area contributed by atoms with Crippen LogP contribution in [0.25, 0.3) is 32.1 Å². The van der Waals surface area contributed by atoms with Crippen molar-refractivity contribution in [3.8, 4) is 29.1 Å². The summed E-state index contributed by atoms with van der Waals surface area (Å²) >= 11 is 0.928. The summed E-state index contributed by atoms with van der Waals surface area (Å²) in [4.78, 5) is 25.1. The Hall–Kier alpha value is -4.41. The highest BCUT2D eigenvalue weighted by molar-refractivity contribution is 7.23. The molecule has 3 aliphatic rings. The number of rotatable bonds is 7. The van der Waals surface area contributed by atoms with Gasteiger partial charge in [0, 0.05) is 36.4 Å². The number of thiophene rings is 1. The number of carbonyl (C=O) groups is 1. The lowest BCUT2D eigenvalue weighted by Gasteiger charge is -2.30. The van der Waals surface area contributed by atoms with Crippen LogP contribution in [0.15, 0.2) is 36.9 Å². The van der Waals surface area contributed by atoms with Crippen molar-refractivity contribution < 1.29 is 27.4 Å². The van der Waals surface area contributed by atoms with E-state index in [1.165, 1.54) is 24.3 Å². The molecular weight excluding hydrogens is 617 g/mol. The van der Waals surface area contributed by atoms with Crippen molar-refractivity contribution in [1.82, 2.24) is 19.8 Å². The van der Waals surface area contributed by atoms with Gasteiger partial charge in [0.15, 0.2) is 5.82 Å². The average Bonchev–Trinajstić information content (AvgIpc) is 3.77. The number of hydrogen-bond acceptors (Lipinski definition) is 9. The molecule has 2 aromatic heterocycles. The van der Waals surface area contributed by atoms with Crippen molar-refractivity contribution in [2.45, 2.75) is 56.5 Å². The summed E-state index contributed by atoms with van der Waals surface area (Å²) in [5.74, 6) is -1.45. The van der Waals surface area contributed by atoms with Gasteiger partial charge in [0.05, 0.1) is 27.7 Å². The van der Waals surface area contributed by atoms with E-state index in [1.807, 2.05) is 13.0 Å². The van der Waals surface area contributed by atoms with Gasteiger partial charge in [0.1, 0.15) is 41.3 Å². The Kier molecular flexibility index (Phi) is 7.52. The van der Waals surface area contributed by atoms with Gasteiger partial charge in [0.25, 0.3) is 0 Å². The molecule has 5 heterocycles. The zero-order chi connectivity index (χ0) is 32.3. The molecule has 2 aromatic carbocycles. The molecule has 2 N–H and O–H groups in total. The molecule has 46 heavy (non-hydrogen) atoms. The summed E-state index contributed by atoms with van der Waals surface area (Å²) in [5.41, 5.74) is 5.88. The van der Waals surface area contributed by atoms with E-state index in [2.05, 4.69) is 21.4 Å². The first kappa shape index (κ1) is 30.3. The van der Waals surface area contributed by atoms with Crippen LogP contribution in [0.2, 0.25) is 0 Å². The van der Waals surface area contributed by atoms with Crippen LogP contribution in [-0.2, 0) is 4.79 Å². The van der Waals surface area contributed by atoms with E-state index in [4.69, 9.17) is 15.2 Å². The highest BCUT2D eigenvalue weighted by atomic mass is 32.1. The molecule has 4 unspecified atom stereocenters. The minimum atomic E-state index is -0.956. The van der Waals surface area contributed by atoms with Crippen molar-refractivity contribution in [2.75, 3.05) is 32.0 Å². The number of halogens is 3. The SMILES string of the molecule is C=CC(=O)N1CC(Oc2nc(OCC34CCCN3CC(F)C4)nc3c(F)c(-c4ccc(F)c5sc(N)c(C#N)c45)ccc23)CC1C. The van der Waals surface area contributed by atoms with Crippen LogP contribution in [0.4, 0.5) is 18.2 Å². The van der Waals surface area contributed by atoms with Gasteiger partial charge in [-0.05, 0) is 50.1 Å². The summed E-state index contributed by atoms with van der Waals surface area (Å²) in [7, 11) is 0. The number of aromatic nitrogens is 2. The average molecular weight is 649 g/mol. The first-order valence-electron chi connectivity index (χ1n) is 15.1. The second kappa shape index (κ2) is 11.4. The Morgan fingerprint density at radius 3 is 2.85 bits per heavy atom. The van der Waals surface area contributed by atoms with Crippen LogP contribution in [0, 0.1) is 23.0 Å². The number of nitrogen functional groups attached to an aromatic ring is 1. The molecule has 1 amide bonds. The third kappa shape index (κ3) is 4.91. The van der Waals surface area contributed by atoms with E-state index in [-0.39, 0.29) is 79.7 Å². The number of carbonyl (C=O) groups excluding carboxylic acids is 1. The second-order valence-electron chi connectivity index (χ2n) is 12.3. The smallest absolute Gasteiger partial charge is 0.320 e. The minimum Gasteiger partial charge on any atom is -0.472 e. The first-order chi connectivity index (χ1) is 22.1. The normalized spacial score (nSPS) is 24.4. The number of nitriles is 1. The van der Waals surface area contributed by atoms with Crippen LogP contribution < -0.4 is 15.2 Å². The lowest BCUT2D eigenvalue weighted by molar-refractivity contribution is -0.126. The highest BCUT2D eigenvalue weighted by Gasteiger charge is 2.49. The molecule has 9 nitrogen and oxygen atoms in total. The van der Waals surface area contributed by atoms with Crippen LogP contribution >= 0.6 is 11.3 Å². The number of fused-ring (bicyclic) bond motifs is 3. The topological polar surface area (TPSA) is 118 Å². The van der Waals surface area contributed by atoms with Crippen LogP contribution in [0.1, 0.15) is 38.2 Å². The van der Waals surface area contributed by atoms with Gasteiger partial charge in [-0.1, -0.05) is 18.7 Å². The Morgan fingerprint density at radius 2 is 2.07 bits per heavy atom. The number of nitrogens with zero attached hydrogens (tertiary/aromatic N) is 5. The van der Waals surface area contributed by atoms with Crippen LogP contribution in [-0.4, -0.2) is 75.8 Å². The van der Waals surface area contributed by atoms with Gasteiger partial charge < -0.3 is 20.1 Å². The fourth-order valence-corrected chi connectivity index (χ4v) is 8.25. The molecule has 0 saturated carbocycles. The molecule has 3 fully saturated rings. The fraction of sp³-hybridized carbons (Fsp3) is 0.394. The number of likely N-dealkylation sites (tertiary alicyclic amines) is 1. The van der Waals surface area contributed by atoms with Crippen molar-refractivity contribution >= 4 is 43.2 Å². The molecule has 0 radical (unpaired) electrons. The number of amides is 1. The van der Waals surface area contributed by atoms with Crippen molar-refractivity contribution in [1.29, 1.82) is 5.26 Å².